The van der Waals surface area contributed by atoms with Crippen LogP contribution >= 0.6 is 0 Å². The number of hydrogen-bond acceptors (Lipinski definition) is 6. The van der Waals surface area contributed by atoms with Crippen LogP contribution in [0.25, 0.3) is 0 Å². The van der Waals surface area contributed by atoms with E-state index in [1.54, 1.807) is 48.5 Å². The Balaban J connectivity index is 1.31. The quantitative estimate of drug-likeness (QED) is 0.472. The first-order valence-electron chi connectivity index (χ1n) is 12.3. The number of nitrogens with zero attached hydrogens (tertiary/aromatic N) is 2. The molecule has 2 aromatic rings. The van der Waals surface area contributed by atoms with Gasteiger partial charge in [-0.2, -0.15) is 0 Å². The maximum Gasteiger partial charge on any atom is 0.238 e. The molecule has 3 fully saturated rings. The number of hydrogen-bond donors (Lipinski definition) is 2. The summed E-state index contributed by atoms with van der Waals surface area (Å²) in [6, 6.07) is 13.9. The Morgan fingerprint density at radius 2 is 0.833 bits per heavy atom. The highest BCUT2D eigenvalue weighted by Crippen LogP contribution is 2.58. The van der Waals surface area contributed by atoms with Crippen molar-refractivity contribution in [1.82, 2.24) is 0 Å². The van der Waals surface area contributed by atoms with Crippen LogP contribution in [0.15, 0.2) is 60.7 Å². The van der Waals surface area contributed by atoms with Crippen LogP contribution in [0.1, 0.15) is 11.1 Å². The SMILES string of the molecule is O=C1[C@@H]2C3C=CC([C@H]4C(=O)N(c5ccc(CCO)cc5)C(=O)[C@@H]34)[C@@H]2C(=O)N1c1ccc(CCO)cc1. The Bertz CT molecular complexity index is 1140. The largest absolute Gasteiger partial charge is 0.396 e. The van der Waals surface area contributed by atoms with Gasteiger partial charge in [0.25, 0.3) is 0 Å². The third-order valence-electron chi connectivity index (χ3n) is 8.20. The Kier molecular flexibility index (Phi) is 5.39. The van der Waals surface area contributed by atoms with Crippen LogP contribution in [-0.2, 0) is 32.0 Å². The number of carbonyl (C=O) groups is 4. The third-order valence-corrected chi connectivity index (χ3v) is 8.20. The second-order valence-corrected chi connectivity index (χ2v) is 9.95. The highest BCUT2D eigenvalue weighted by Gasteiger charge is 2.68. The molecule has 8 heteroatoms. The zero-order valence-electron chi connectivity index (χ0n) is 19.5. The molecular weight excluding hydrogens is 460 g/mol. The van der Waals surface area contributed by atoms with E-state index in [0.29, 0.717) is 24.2 Å². The van der Waals surface area contributed by atoms with E-state index in [4.69, 9.17) is 10.2 Å². The fourth-order valence-electron chi connectivity index (χ4n) is 6.62. The first kappa shape index (κ1) is 22.8. The van der Waals surface area contributed by atoms with Crippen molar-refractivity contribution in [3.63, 3.8) is 0 Å². The lowest BCUT2D eigenvalue weighted by Crippen LogP contribution is -2.50. The number of rotatable bonds is 6. The first-order valence-corrected chi connectivity index (χ1v) is 12.3. The van der Waals surface area contributed by atoms with Crippen molar-refractivity contribution < 1.29 is 29.4 Å². The molecule has 7 rings (SSSR count). The zero-order valence-corrected chi connectivity index (χ0v) is 19.5. The van der Waals surface area contributed by atoms with Gasteiger partial charge in [-0.05, 0) is 48.2 Å². The van der Waals surface area contributed by atoms with Gasteiger partial charge in [0.1, 0.15) is 0 Å². The van der Waals surface area contributed by atoms with Crippen LogP contribution in [0.5, 0.6) is 0 Å². The number of benzene rings is 2. The van der Waals surface area contributed by atoms with Gasteiger partial charge in [-0.15, -0.1) is 0 Å². The molecule has 2 N–H and O–H groups in total. The predicted octanol–water partition coefficient (Wildman–Crippen LogP) is 1.48. The lowest BCUT2D eigenvalue weighted by atomic mass is 9.54. The van der Waals surface area contributed by atoms with E-state index >= 15 is 0 Å². The molecule has 5 aliphatic rings. The summed E-state index contributed by atoms with van der Waals surface area (Å²) in [4.78, 5) is 56.7. The van der Waals surface area contributed by atoms with Crippen LogP contribution in [0.2, 0.25) is 0 Å². The molecule has 0 aromatic heterocycles. The number of allylic oxidation sites excluding steroid dienone is 2. The van der Waals surface area contributed by atoms with Crippen molar-refractivity contribution in [3.05, 3.63) is 71.8 Å². The van der Waals surface area contributed by atoms with Gasteiger partial charge in [0, 0.05) is 25.0 Å². The van der Waals surface area contributed by atoms with Gasteiger partial charge in [0.2, 0.25) is 23.6 Å². The van der Waals surface area contributed by atoms with Crippen molar-refractivity contribution in [2.45, 2.75) is 12.8 Å². The minimum Gasteiger partial charge on any atom is -0.396 e. The van der Waals surface area contributed by atoms with Crippen LogP contribution in [-0.4, -0.2) is 47.1 Å². The van der Waals surface area contributed by atoms with Crippen LogP contribution in [0, 0.1) is 35.5 Å². The molecule has 2 saturated heterocycles. The Labute approximate surface area is 207 Å². The highest BCUT2D eigenvalue weighted by atomic mass is 16.3. The molecule has 1 saturated carbocycles. The summed E-state index contributed by atoms with van der Waals surface area (Å²) in [5.41, 5.74) is 2.73. The molecule has 3 aliphatic carbocycles. The van der Waals surface area contributed by atoms with Crippen molar-refractivity contribution in [2.75, 3.05) is 23.0 Å². The maximum absolute atomic E-state index is 13.6. The van der Waals surface area contributed by atoms with Gasteiger partial charge in [0.15, 0.2) is 0 Å². The van der Waals surface area contributed by atoms with Crippen molar-refractivity contribution >= 4 is 35.0 Å². The minimum absolute atomic E-state index is 0.00869. The van der Waals surface area contributed by atoms with Gasteiger partial charge < -0.3 is 10.2 Å². The Hall–Kier alpha value is -3.62. The molecule has 36 heavy (non-hydrogen) atoms. The molecule has 8 nitrogen and oxygen atoms in total. The van der Waals surface area contributed by atoms with Gasteiger partial charge in [-0.1, -0.05) is 36.4 Å². The summed E-state index contributed by atoms with van der Waals surface area (Å²) >= 11 is 0. The van der Waals surface area contributed by atoms with E-state index in [-0.39, 0.29) is 36.8 Å². The standard InChI is InChI=1S/C28H26N2O6/c31-13-11-15-1-5-17(6-2-15)29-25(33)21-19-9-10-20(22(21)26(29)34)24-23(19)27(35)30(28(24)36)18-7-3-16(4-8-18)12-14-32/h1-10,19-24,31-32H,11-14H2/t19?,20?,21-,22+,23+,24-. The normalized spacial score (nSPS) is 30.4. The fourth-order valence-corrected chi connectivity index (χ4v) is 6.62. The van der Waals surface area contributed by atoms with E-state index in [2.05, 4.69) is 0 Å². The number of aliphatic hydroxyl groups excluding tert-OH is 2. The van der Waals surface area contributed by atoms with Crippen LogP contribution < -0.4 is 9.80 Å². The summed E-state index contributed by atoms with van der Waals surface area (Å²) in [5, 5.41) is 18.3. The third kappa shape index (κ3) is 3.14. The topological polar surface area (TPSA) is 115 Å². The first-order chi connectivity index (χ1) is 17.5. The summed E-state index contributed by atoms with van der Waals surface area (Å²) in [7, 11) is 0. The second kappa shape index (κ2) is 8.50. The van der Waals surface area contributed by atoms with Crippen molar-refractivity contribution in [3.8, 4) is 0 Å². The summed E-state index contributed by atoms with van der Waals surface area (Å²) in [5.74, 6) is -5.04. The van der Waals surface area contributed by atoms with E-state index in [1.165, 1.54) is 9.80 Å². The molecule has 184 valence electrons. The smallest absolute Gasteiger partial charge is 0.238 e. The average molecular weight is 487 g/mol. The number of amides is 4. The molecule has 4 amide bonds. The van der Waals surface area contributed by atoms with Crippen LogP contribution in [0.4, 0.5) is 11.4 Å². The average Bonchev–Trinajstić information content (AvgIpc) is 3.33. The minimum atomic E-state index is -0.672. The Morgan fingerprint density at radius 3 is 1.11 bits per heavy atom. The van der Waals surface area contributed by atoms with E-state index < -0.39 is 35.5 Å². The van der Waals surface area contributed by atoms with Gasteiger partial charge in [-0.25, -0.2) is 0 Å². The lowest BCUT2D eigenvalue weighted by Gasteiger charge is -2.44. The maximum atomic E-state index is 13.6. The van der Waals surface area contributed by atoms with E-state index in [0.717, 1.165) is 11.1 Å². The summed E-state index contributed by atoms with van der Waals surface area (Å²) in [6.07, 6.45) is 4.67. The van der Waals surface area contributed by atoms with E-state index in [1.807, 2.05) is 12.2 Å². The monoisotopic (exact) mass is 486 g/mol. The number of anilines is 2. The molecule has 2 bridgehead atoms. The summed E-state index contributed by atoms with van der Waals surface area (Å²) in [6.45, 7) is 0.0174. The molecular formula is C28H26N2O6. The highest BCUT2D eigenvalue weighted by molar-refractivity contribution is 6.26. The lowest BCUT2D eigenvalue weighted by molar-refractivity contribution is -0.137. The van der Waals surface area contributed by atoms with Crippen molar-refractivity contribution in [2.24, 2.45) is 35.5 Å². The van der Waals surface area contributed by atoms with Gasteiger partial charge in [0.05, 0.1) is 35.0 Å². The van der Waals surface area contributed by atoms with Gasteiger partial charge >= 0.3 is 0 Å². The molecule has 2 heterocycles. The number of imide groups is 2. The summed E-state index contributed by atoms with van der Waals surface area (Å²) < 4.78 is 0. The molecule has 0 radical (unpaired) electrons. The molecule has 2 unspecified atom stereocenters. The molecule has 6 atom stereocenters. The van der Waals surface area contributed by atoms with Gasteiger partial charge in [-0.3, -0.25) is 29.0 Å². The molecule has 2 aromatic carbocycles. The molecule has 2 aliphatic heterocycles. The van der Waals surface area contributed by atoms with E-state index in [9.17, 15) is 19.2 Å². The predicted molar refractivity (Wildman–Crippen MR) is 130 cm³/mol. The Morgan fingerprint density at radius 1 is 0.528 bits per heavy atom. The second-order valence-electron chi connectivity index (χ2n) is 9.95. The van der Waals surface area contributed by atoms with Crippen LogP contribution in [0.3, 0.4) is 0 Å². The number of carbonyl (C=O) groups excluding carboxylic acids is 4. The zero-order chi connectivity index (χ0) is 25.1. The fraction of sp³-hybridized carbons (Fsp3) is 0.357. The number of aliphatic hydroxyl groups is 2. The van der Waals surface area contributed by atoms with Crippen molar-refractivity contribution in [1.29, 1.82) is 0 Å². The molecule has 0 spiro atoms.